The lowest BCUT2D eigenvalue weighted by Crippen LogP contribution is -1.96. The Morgan fingerprint density at radius 3 is 1.47 bits per heavy atom. The second kappa shape index (κ2) is 8.51. The Morgan fingerprint density at radius 2 is 0.911 bits per heavy atom. The first-order valence-electron chi connectivity index (χ1n) is 14.7. The van der Waals surface area contributed by atoms with E-state index in [4.69, 9.17) is 8.83 Å². The molecule has 0 unspecified atom stereocenters. The van der Waals surface area contributed by atoms with Crippen molar-refractivity contribution in [2.45, 2.75) is 0 Å². The second-order valence-corrected chi connectivity index (χ2v) is 11.5. The van der Waals surface area contributed by atoms with Crippen molar-refractivity contribution in [3.8, 4) is 17.8 Å². The fourth-order valence-electron chi connectivity index (χ4n) is 7.37. The van der Waals surface area contributed by atoms with Gasteiger partial charge in [-0.25, -0.2) is 0 Å². The third kappa shape index (κ3) is 2.99. The van der Waals surface area contributed by atoms with Crippen molar-refractivity contribution in [3.63, 3.8) is 0 Å². The summed E-state index contributed by atoms with van der Waals surface area (Å²) in [4.78, 5) is 0. The van der Waals surface area contributed by atoms with Crippen molar-refractivity contribution in [1.82, 2.24) is 4.57 Å². The molecule has 0 saturated heterocycles. The van der Waals surface area contributed by atoms with Gasteiger partial charge in [0.15, 0.2) is 0 Å². The Labute approximate surface area is 254 Å². The molecule has 0 spiro atoms. The van der Waals surface area contributed by atoms with E-state index in [0.717, 1.165) is 92.9 Å². The number of nitrogens with zero attached hydrogens (tertiary/aromatic N) is 3. The van der Waals surface area contributed by atoms with Crippen molar-refractivity contribution in [3.05, 3.63) is 126 Å². The van der Waals surface area contributed by atoms with Crippen LogP contribution in [-0.4, -0.2) is 4.57 Å². The van der Waals surface area contributed by atoms with Gasteiger partial charge in [0.2, 0.25) is 0 Å². The Morgan fingerprint density at radius 1 is 0.444 bits per heavy atom. The topological polar surface area (TPSA) is 78.8 Å². The summed E-state index contributed by atoms with van der Waals surface area (Å²) in [7, 11) is 0. The first kappa shape index (κ1) is 23.9. The highest BCUT2D eigenvalue weighted by Crippen LogP contribution is 2.45. The highest BCUT2D eigenvalue weighted by molar-refractivity contribution is 6.30. The minimum Gasteiger partial charge on any atom is -0.455 e. The van der Waals surface area contributed by atoms with Crippen molar-refractivity contribution in [2.24, 2.45) is 0 Å². The molecule has 5 heteroatoms. The number of para-hydroxylation sites is 2. The van der Waals surface area contributed by atoms with E-state index in [2.05, 4.69) is 59.2 Å². The molecule has 0 aliphatic rings. The summed E-state index contributed by atoms with van der Waals surface area (Å²) in [5, 5.41) is 29.8. The van der Waals surface area contributed by atoms with Gasteiger partial charge in [-0.2, -0.15) is 10.5 Å². The maximum Gasteiger partial charge on any atom is 0.145 e. The van der Waals surface area contributed by atoms with Crippen LogP contribution in [0.3, 0.4) is 0 Å². The molecule has 10 aromatic rings. The van der Waals surface area contributed by atoms with E-state index in [1.165, 1.54) is 0 Å². The predicted octanol–water partition coefficient (Wildman–Crippen LogP) is 10.6. The molecule has 10 rings (SSSR count). The normalized spacial score (nSPS) is 12.0. The summed E-state index contributed by atoms with van der Waals surface area (Å²) in [5.74, 6) is 0. The molecule has 206 valence electrons. The average Bonchev–Trinajstić information content (AvgIpc) is 3.76. The minimum atomic E-state index is 0.396. The third-order valence-electron chi connectivity index (χ3n) is 9.27. The molecule has 0 radical (unpaired) electrons. The molecule has 0 N–H and O–H groups in total. The van der Waals surface area contributed by atoms with Crippen LogP contribution >= 0.6 is 0 Å². The largest absolute Gasteiger partial charge is 0.455 e. The van der Waals surface area contributed by atoms with Gasteiger partial charge >= 0.3 is 0 Å². The first-order valence-corrected chi connectivity index (χ1v) is 14.7. The number of nitriles is 2. The molecule has 0 atom stereocenters. The molecule has 7 aromatic carbocycles. The summed E-state index contributed by atoms with van der Waals surface area (Å²) < 4.78 is 15.5. The van der Waals surface area contributed by atoms with Crippen LogP contribution in [0.15, 0.2) is 124 Å². The monoisotopic (exact) mass is 573 g/mol. The number of hydrogen-bond acceptors (Lipinski definition) is 4. The highest BCUT2D eigenvalue weighted by atomic mass is 16.3. The molecule has 3 aromatic heterocycles. The van der Waals surface area contributed by atoms with Crippen LogP contribution in [0, 0.1) is 22.7 Å². The molecular formula is C40H19N3O2. The van der Waals surface area contributed by atoms with E-state index in [1.54, 1.807) is 0 Å². The third-order valence-corrected chi connectivity index (χ3v) is 9.27. The number of fused-ring (bicyclic) bond motifs is 14. The van der Waals surface area contributed by atoms with Crippen LogP contribution in [0.4, 0.5) is 0 Å². The molecular weight excluding hydrogens is 554 g/mol. The summed E-state index contributed by atoms with van der Waals surface area (Å²) in [6, 6.07) is 43.4. The van der Waals surface area contributed by atoms with Gasteiger partial charge < -0.3 is 13.4 Å². The van der Waals surface area contributed by atoms with E-state index in [9.17, 15) is 10.5 Å². The first-order chi connectivity index (χ1) is 22.2. The van der Waals surface area contributed by atoms with Gasteiger partial charge in [-0.15, -0.1) is 0 Å². The van der Waals surface area contributed by atoms with Crippen LogP contribution in [0.25, 0.3) is 92.9 Å². The molecule has 5 nitrogen and oxygen atoms in total. The molecule has 0 aliphatic heterocycles. The Balaban J connectivity index is 1.41. The standard InChI is InChI=1S/C40H19N3O2/c41-20-31-24-8-2-1-7-23(24)30-19-22(13-14-25(30)32(31)21-42)43-33-17-15-28-26-9-3-5-11-35(26)44-39(28)37(33)38-34(43)18-16-29-27-10-4-6-12-36(27)45-40(29)38/h1-19H. The number of rotatable bonds is 1. The van der Waals surface area contributed by atoms with Crippen molar-refractivity contribution in [2.75, 3.05) is 0 Å². The highest BCUT2D eigenvalue weighted by Gasteiger charge is 2.23. The SMILES string of the molecule is N#Cc1c(C#N)c2ccc(-n3c4ccc5c6ccccc6oc5c4c4c5oc6ccccc6c5ccc43)cc2c2ccccc12. The van der Waals surface area contributed by atoms with Gasteiger partial charge in [0, 0.05) is 38.0 Å². The molecule has 0 saturated carbocycles. The fraction of sp³-hybridized carbons (Fsp3) is 0. The van der Waals surface area contributed by atoms with Crippen LogP contribution in [0.5, 0.6) is 0 Å². The number of benzene rings is 7. The van der Waals surface area contributed by atoms with E-state index >= 15 is 0 Å². The lowest BCUT2D eigenvalue weighted by atomic mass is 9.92. The van der Waals surface area contributed by atoms with Crippen LogP contribution < -0.4 is 0 Å². The van der Waals surface area contributed by atoms with Crippen molar-refractivity contribution < 1.29 is 8.83 Å². The molecule has 45 heavy (non-hydrogen) atoms. The van der Waals surface area contributed by atoms with Crippen LogP contribution in [0.2, 0.25) is 0 Å². The zero-order valence-electron chi connectivity index (χ0n) is 23.6. The zero-order valence-corrected chi connectivity index (χ0v) is 23.6. The molecule has 3 heterocycles. The predicted molar refractivity (Wildman–Crippen MR) is 180 cm³/mol. The van der Waals surface area contributed by atoms with Gasteiger partial charge in [-0.1, -0.05) is 66.7 Å². The van der Waals surface area contributed by atoms with E-state index in [0.29, 0.717) is 11.1 Å². The maximum absolute atomic E-state index is 10.1. The lowest BCUT2D eigenvalue weighted by Gasteiger charge is -2.13. The smallest absolute Gasteiger partial charge is 0.145 e. The van der Waals surface area contributed by atoms with Gasteiger partial charge in [-0.05, 0) is 59.3 Å². The Kier molecular flexibility index (Phi) is 4.53. The number of hydrogen-bond donors (Lipinski definition) is 0. The van der Waals surface area contributed by atoms with Crippen LogP contribution in [0.1, 0.15) is 11.1 Å². The fourth-order valence-corrected chi connectivity index (χ4v) is 7.37. The quantitative estimate of drug-likeness (QED) is 0.183. The Hall–Kier alpha value is -6.56. The van der Waals surface area contributed by atoms with E-state index in [1.807, 2.05) is 72.8 Å². The van der Waals surface area contributed by atoms with E-state index in [-0.39, 0.29) is 0 Å². The summed E-state index contributed by atoms with van der Waals surface area (Å²) in [6.07, 6.45) is 0. The van der Waals surface area contributed by atoms with Gasteiger partial charge in [-0.3, -0.25) is 0 Å². The minimum absolute atomic E-state index is 0.396. The average molecular weight is 574 g/mol. The maximum atomic E-state index is 10.1. The van der Waals surface area contributed by atoms with Crippen molar-refractivity contribution in [1.29, 1.82) is 10.5 Å². The molecule has 0 bridgehead atoms. The number of aromatic nitrogens is 1. The second-order valence-electron chi connectivity index (χ2n) is 11.5. The van der Waals surface area contributed by atoms with Gasteiger partial charge in [0.1, 0.15) is 34.5 Å². The van der Waals surface area contributed by atoms with Crippen LogP contribution in [-0.2, 0) is 0 Å². The molecule has 0 fully saturated rings. The zero-order chi connectivity index (χ0) is 29.8. The lowest BCUT2D eigenvalue weighted by molar-refractivity contribution is 0.670. The number of furan rings is 2. The molecule has 0 aliphatic carbocycles. The van der Waals surface area contributed by atoms with Crippen molar-refractivity contribution >= 4 is 87.2 Å². The summed E-state index contributed by atoms with van der Waals surface area (Å²) >= 11 is 0. The van der Waals surface area contributed by atoms with E-state index < -0.39 is 0 Å². The van der Waals surface area contributed by atoms with Gasteiger partial charge in [0.05, 0.1) is 32.9 Å². The van der Waals surface area contributed by atoms with Gasteiger partial charge in [0.25, 0.3) is 0 Å². The summed E-state index contributed by atoms with van der Waals surface area (Å²) in [5.41, 5.74) is 7.04. The summed E-state index contributed by atoms with van der Waals surface area (Å²) in [6.45, 7) is 0. The Bertz CT molecular complexity index is 2890. The molecule has 0 amide bonds.